The molecular formula is C14H19ClN2OS. The summed E-state index contributed by atoms with van der Waals surface area (Å²) in [6.45, 7) is 1.96. The summed E-state index contributed by atoms with van der Waals surface area (Å²) in [6.07, 6.45) is 4.95. The second kappa shape index (κ2) is 6.44. The molecule has 1 aromatic rings. The summed E-state index contributed by atoms with van der Waals surface area (Å²) >= 11 is 11.4. The Morgan fingerprint density at radius 3 is 2.68 bits per heavy atom. The normalized spacial score (nSPS) is 15.3. The van der Waals surface area contributed by atoms with Crippen molar-refractivity contribution in [3.8, 4) is 5.75 Å². The van der Waals surface area contributed by atoms with E-state index >= 15 is 0 Å². The smallest absolute Gasteiger partial charge is 0.171 e. The van der Waals surface area contributed by atoms with E-state index in [1.54, 1.807) is 13.2 Å². The maximum atomic E-state index is 6.08. The minimum Gasteiger partial charge on any atom is -0.495 e. The van der Waals surface area contributed by atoms with Gasteiger partial charge in [-0.2, -0.15) is 0 Å². The Hall–Kier alpha value is -1.00. The van der Waals surface area contributed by atoms with E-state index in [2.05, 4.69) is 10.6 Å². The molecule has 1 saturated carbocycles. The van der Waals surface area contributed by atoms with Crippen LogP contribution in [0.25, 0.3) is 0 Å². The van der Waals surface area contributed by atoms with Crippen LogP contribution in [0.3, 0.4) is 0 Å². The van der Waals surface area contributed by atoms with Crippen molar-refractivity contribution < 1.29 is 4.74 Å². The molecule has 2 rings (SSSR count). The average molecular weight is 299 g/mol. The van der Waals surface area contributed by atoms with E-state index < -0.39 is 0 Å². The van der Waals surface area contributed by atoms with Gasteiger partial charge in [0, 0.05) is 17.1 Å². The van der Waals surface area contributed by atoms with Crippen molar-refractivity contribution in [2.24, 2.45) is 0 Å². The maximum absolute atomic E-state index is 6.08. The quantitative estimate of drug-likeness (QED) is 0.830. The molecule has 0 heterocycles. The fourth-order valence-electron chi connectivity index (χ4n) is 2.34. The van der Waals surface area contributed by atoms with E-state index in [-0.39, 0.29) is 0 Å². The Morgan fingerprint density at radius 2 is 2.05 bits per heavy atom. The third kappa shape index (κ3) is 3.74. The molecule has 0 saturated heterocycles. The summed E-state index contributed by atoms with van der Waals surface area (Å²) in [4.78, 5) is 0. The molecule has 0 aliphatic heterocycles. The standard InChI is InChI=1S/C14H19ClN2OS/c1-9-7-12(13(18-2)8-11(9)15)17-14(19)16-10-5-3-4-6-10/h7-8,10H,3-6H2,1-2H3,(H2,16,17,19). The minimum absolute atomic E-state index is 0.499. The van der Waals surface area contributed by atoms with Crippen LogP contribution in [-0.2, 0) is 0 Å². The number of anilines is 1. The van der Waals surface area contributed by atoms with Crippen LogP contribution in [0, 0.1) is 6.92 Å². The van der Waals surface area contributed by atoms with Gasteiger partial charge in [0.1, 0.15) is 5.75 Å². The monoisotopic (exact) mass is 298 g/mol. The van der Waals surface area contributed by atoms with Crippen LogP contribution in [0.4, 0.5) is 5.69 Å². The number of thiocarbonyl (C=S) groups is 1. The number of ether oxygens (including phenoxy) is 1. The molecule has 0 bridgehead atoms. The molecule has 104 valence electrons. The summed E-state index contributed by atoms with van der Waals surface area (Å²) < 4.78 is 5.32. The first-order valence-corrected chi connectivity index (χ1v) is 7.30. The van der Waals surface area contributed by atoms with Gasteiger partial charge >= 0.3 is 0 Å². The van der Waals surface area contributed by atoms with Crippen molar-refractivity contribution in [2.45, 2.75) is 38.6 Å². The summed E-state index contributed by atoms with van der Waals surface area (Å²) in [6, 6.07) is 4.25. The van der Waals surface area contributed by atoms with Crippen LogP contribution < -0.4 is 15.4 Å². The van der Waals surface area contributed by atoms with Crippen LogP contribution >= 0.6 is 23.8 Å². The predicted octanol–water partition coefficient (Wildman–Crippen LogP) is 3.89. The first-order valence-electron chi connectivity index (χ1n) is 6.52. The third-order valence-electron chi connectivity index (χ3n) is 3.42. The first kappa shape index (κ1) is 14.4. The predicted molar refractivity (Wildman–Crippen MR) is 84.4 cm³/mol. The Morgan fingerprint density at radius 1 is 1.37 bits per heavy atom. The molecule has 1 aliphatic carbocycles. The van der Waals surface area contributed by atoms with Crippen LogP contribution in [-0.4, -0.2) is 18.3 Å². The summed E-state index contributed by atoms with van der Waals surface area (Å²) in [5, 5.41) is 7.87. The zero-order valence-corrected chi connectivity index (χ0v) is 12.8. The summed E-state index contributed by atoms with van der Waals surface area (Å²) in [5.41, 5.74) is 1.84. The van der Waals surface area contributed by atoms with Gasteiger partial charge < -0.3 is 15.4 Å². The topological polar surface area (TPSA) is 33.3 Å². The molecule has 0 aromatic heterocycles. The van der Waals surface area contributed by atoms with E-state index in [0.29, 0.717) is 21.9 Å². The van der Waals surface area contributed by atoms with E-state index in [9.17, 15) is 0 Å². The number of aryl methyl sites for hydroxylation is 1. The van der Waals surface area contributed by atoms with Crippen LogP contribution in [0.15, 0.2) is 12.1 Å². The third-order valence-corrected chi connectivity index (χ3v) is 4.05. The number of benzene rings is 1. The number of hydrogen-bond donors (Lipinski definition) is 2. The highest BCUT2D eigenvalue weighted by molar-refractivity contribution is 7.80. The van der Waals surface area contributed by atoms with Crippen molar-refractivity contribution in [1.82, 2.24) is 5.32 Å². The SMILES string of the molecule is COc1cc(Cl)c(C)cc1NC(=S)NC1CCCC1. The molecule has 0 spiro atoms. The number of methoxy groups -OCH3 is 1. The van der Waals surface area contributed by atoms with Crippen molar-refractivity contribution in [3.63, 3.8) is 0 Å². The largest absolute Gasteiger partial charge is 0.495 e. The van der Waals surface area contributed by atoms with Crippen molar-refractivity contribution in [1.29, 1.82) is 0 Å². The Labute approximate surface area is 124 Å². The summed E-state index contributed by atoms with van der Waals surface area (Å²) in [5.74, 6) is 0.700. The first-order chi connectivity index (χ1) is 9.10. The number of halogens is 1. The average Bonchev–Trinajstić information content (AvgIpc) is 2.86. The van der Waals surface area contributed by atoms with Gasteiger partial charge in [0.25, 0.3) is 0 Å². The Balaban J connectivity index is 2.04. The van der Waals surface area contributed by atoms with Gasteiger partial charge in [-0.15, -0.1) is 0 Å². The highest BCUT2D eigenvalue weighted by atomic mass is 35.5. The number of rotatable bonds is 3. The number of hydrogen-bond acceptors (Lipinski definition) is 2. The van der Waals surface area contributed by atoms with E-state index in [0.717, 1.165) is 11.3 Å². The van der Waals surface area contributed by atoms with Crippen LogP contribution in [0.1, 0.15) is 31.2 Å². The fourth-order valence-corrected chi connectivity index (χ4v) is 2.77. The molecule has 0 amide bonds. The van der Waals surface area contributed by atoms with Gasteiger partial charge in [-0.3, -0.25) is 0 Å². The van der Waals surface area contributed by atoms with Gasteiger partial charge in [0.2, 0.25) is 0 Å². The molecule has 5 heteroatoms. The van der Waals surface area contributed by atoms with Gasteiger partial charge in [-0.05, 0) is 43.6 Å². The molecule has 0 unspecified atom stereocenters. The second-order valence-electron chi connectivity index (χ2n) is 4.88. The molecule has 2 N–H and O–H groups in total. The van der Waals surface area contributed by atoms with E-state index in [4.69, 9.17) is 28.6 Å². The van der Waals surface area contributed by atoms with Gasteiger partial charge in [0.05, 0.1) is 12.8 Å². The van der Waals surface area contributed by atoms with Gasteiger partial charge in [-0.25, -0.2) is 0 Å². The Kier molecular flexibility index (Phi) is 4.88. The van der Waals surface area contributed by atoms with Crippen LogP contribution in [0.5, 0.6) is 5.75 Å². The highest BCUT2D eigenvalue weighted by Crippen LogP contribution is 2.31. The molecule has 1 fully saturated rings. The zero-order chi connectivity index (χ0) is 13.8. The lowest BCUT2D eigenvalue weighted by Gasteiger charge is -2.18. The lowest BCUT2D eigenvalue weighted by molar-refractivity contribution is 0.417. The fraction of sp³-hybridized carbons (Fsp3) is 0.500. The summed E-state index contributed by atoms with van der Waals surface area (Å²) in [7, 11) is 1.62. The number of nitrogens with one attached hydrogen (secondary N) is 2. The molecule has 3 nitrogen and oxygen atoms in total. The van der Waals surface area contributed by atoms with E-state index in [1.165, 1.54) is 25.7 Å². The molecule has 19 heavy (non-hydrogen) atoms. The molecule has 1 aliphatic rings. The molecular weight excluding hydrogens is 280 g/mol. The second-order valence-corrected chi connectivity index (χ2v) is 5.70. The van der Waals surface area contributed by atoms with Gasteiger partial charge in [-0.1, -0.05) is 24.4 Å². The lowest BCUT2D eigenvalue weighted by Crippen LogP contribution is -2.36. The molecule has 0 atom stereocenters. The Bertz CT molecular complexity index is 473. The zero-order valence-electron chi connectivity index (χ0n) is 11.3. The van der Waals surface area contributed by atoms with Crippen molar-refractivity contribution in [3.05, 3.63) is 22.7 Å². The van der Waals surface area contributed by atoms with E-state index in [1.807, 2.05) is 13.0 Å². The van der Waals surface area contributed by atoms with Gasteiger partial charge in [0.15, 0.2) is 5.11 Å². The molecule has 1 aromatic carbocycles. The van der Waals surface area contributed by atoms with Crippen LogP contribution in [0.2, 0.25) is 5.02 Å². The lowest BCUT2D eigenvalue weighted by atomic mass is 10.2. The highest BCUT2D eigenvalue weighted by Gasteiger charge is 2.16. The van der Waals surface area contributed by atoms with Crippen molar-refractivity contribution in [2.75, 3.05) is 12.4 Å². The van der Waals surface area contributed by atoms with Crippen molar-refractivity contribution >= 4 is 34.6 Å². The maximum Gasteiger partial charge on any atom is 0.171 e. The molecule has 0 radical (unpaired) electrons. The minimum atomic E-state index is 0.499.